The zero-order valence-electron chi connectivity index (χ0n) is 14.4. The highest BCUT2D eigenvalue weighted by molar-refractivity contribution is 6.00. The average molecular weight is 337 g/mol. The van der Waals surface area contributed by atoms with Crippen LogP contribution in [0, 0.1) is 6.92 Å². The third-order valence-electron chi connectivity index (χ3n) is 4.13. The Labute approximate surface area is 145 Å². The van der Waals surface area contributed by atoms with Crippen molar-refractivity contribution in [3.8, 4) is 0 Å². The van der Waals surface area contributed by atoms with Gasteiger partial charge in [-0.15, -0.1) is 0 Å². The van der Waals surface area contributed by atoms with Crippen molar-refractivity contribution in [3.05, 3.63) is 65.9 Å². The van der Waals surface area contributed by atoms with Crippen molar-refractivity contribution in [1.82, 2.24) is 0 Å². The molecule has 25 heavy (non-hydrogen) atoms. The lowest BCUT2D eigenvalue weighted by Gasteiger charge is -2.21. The van der Waals surface area contributed by atoms with Gasteiger partial charge in [-0.05, 0) is 32.0 Å². The normalized spacial score (nSPS) is 12.0. The lowest BCUT2D eigenvalue weighted by molar-refractivity contribution is -0.126. The van der Waals surface area contributed by atoms with E-state index in [1.165, 1.54) is 4.90 Å². The number of carbonyl (C=O) groups excluding carboxylic acids is 2. The summed E-state index contributed by atoms with van der Waals surface area (Å²) in [6, 6.07) is 16.6. The third-order valence-corrected chi connectivity index (χ3v) is 4.13. The maximum absolute atomic E-state index is 12.5. The number of benzene rings is 2. The molecule has 0 saturated heterocycles. The number of ether oxygens (including phenoxy) is 1. The second-order valence-corrected chi connectivity index (χ2v) is 5.83. The van der Waals surface area contributed by atoms with E-state index in [-0.39, 0.29) is 11.7 Å². The number of anilines is 1. The number of likely N-dealkylation sites (N-methyl/N-ethyl adjacent to an activating group) is 1. The Morgan fingerprint density at radius 3 is 2.36 bits per heavy atom. The van der Waals surface area contributed by atoms with Crippen LogP contribution >= 0.6 is 0 Å². The van der Waals surface area contributed by atoms with E-state index in [1.54, 1.807) is 27.0 Å². The van der Waals surface area contributed by atoms with Gasteiger partial charge in [0.2, 0.25) is 5.76 Å². The summed E-state index contributed by atoms with van der Waals surface area (Å²) in [6.45, 7) is 3.35. The minimum absolute atomic E-state index is 0.128. The summed E-state index contributed by atoms with van der Waals surface area (Å²) in [6.07, 6.45) is -0.926. The van der Waals surface area contributed by atoms with Crippen LogP contribution in [-0.4, -0.2) is 25.0 Å². The monoisotopic (exact) mass is 337 g/mol. The molecule has 5 nitrogen and oxygen atoms in total. The molecule has 3 rings (SSSR count). The SMILES string of the molecule is Cc1c(C(=O)O[C@@H](C)C(=O)N(C)c2ccccc2)oc2ccccc12. The minimum atomic E-state index is -0.926. The number of para-hydroxylation sites is 2. The molecule has 0 bridgehead atoms. The standard InChI is InChI=1S/C20H19NO4/c1-13-16-11-7-8-12-17(16)25-18(13)20(23)24-14(2)19(22)21(3)15-9-5-4-6-10-15/h4-12,14H,1-3H3/t14-/m0/s1. The van der Waals surface area contributed by atoms with Crippen molar-refractivity contribution in [3.63, 3.8) is 0 Å². The number of aryl methyl sites for hydroxylation is 1. The highest BCUT2D eigenvalue weighted by atomic mass is 16.6. The number of rotatable bonds is 4. The molecule has 5 heteroatoms. The van der Waals surface area contributed by atoms with Crippen LogP contribution in [-0.2, 0) is 9.53 Å². The van der Waals surface area contributed by atoms with Gasteiger partial charge in [0.05, 0.1) is 0 Å². The van der Waals surface area contributed by atoms with Crippen molar-refractivity contribution in [2.75, 3.05) is 11.9 Å². The Bertz CT molecular complexity index is 914. The van der Waals surface area contributed by atoms with Gasteiger partial charge in [-0.3, -0.25) is 4.79 Å². The number of carbonyl (C=O) groups is 2. The van der Waals surface area contributed by atoms with Gasteiger partial charge in [-0.1, -0.05) is 36.4 Å². The lowest BCUT2D eigenvalue weighted by Crippen LogP contribution is -2.37. The first-order valence-corrected chi connectivity index (χ1v) is 8.00. The molecule has 0 aliphatic carbocycles. The number of nitrogens with zero attached hydrogens (tertiary/aromatic N) is 1. The fraction of sp³-hybridized carbons (Fsp3) is 0.200. The van der Waals surface area contributed by atoms with Gasteiger partial charge in [0, 0.05) is 23.7 Å². The molecule has 0 radical (unpaired) electrons. The number of hydrogen-bond acceptors (Lipinski definition) is 4. The van der Waals surface area contributed by atoms with E-state index in [2.05, 4.69) is 0 Å². The van der Waals surface area contributed by atoms with E-state index in [0.29, 0.717) is 11.1 Å². The van der Waals surface area contributed by atoms with Crippen molar-refractivity contribution in [2.45, 2.75) is 20.0 Å². The zero-order chi connectivity index (χ0) is 18.0. The van der Waals surface area contributed by atoms with Gasteiger partial charge < -0.3 is 14.1 Å². The summed E-state index contributed by atoms with van der Waals surface area (Å²) in [5.74, 6) is -0.826. The molecule has 0 aliphatic heterocycles. The Balaban J connectivity index is 1.75. The topological polar surface area (TPSA) is 59.8 Å². The molecule has 0 fully saturated rings. The molecule has 1 heterocycles. The van der Waals surface area contributed by atoms with Crippen LogP contribution in [0.3, 0.4) is 0 Å². The molecule has 128 valence electrons. The van der Waals surface area contributed by atoms with Crippen molar-refractivity contribution in [1.29, 1.82) is 0 Å². The van der Waals surface area contributed by atoms with E-state index in [0.717, 1.165) is 11.1 Å². The van der Waals surface area contributed by atoms with Crippen LogP contribution in [0.2, 0.25) is 0 Å². The quantitative estimate of drug-likeness (QED) is 0.676. The van der Waals surface area contributed by atoms with Crippen LogP contribution in [0.15, 0.2) is 59.0 Å². The first-order chi connectivity index (χ1) is 12.0. The summed E-state index contributed by atoms with van der Waals surface area (Å²) in [5.41, 5.74) is 2.05. The molecule has 3 aromatic rings. The molecule has 0 saturated carbocycles. The highest BCUT2D eigenvalue weighted by Crippen LogP contribution is 2.26. The third kappa shape index (κ3) is 3.26. The van der Waals surface area contributed by atoms with Crippen LogP contribution in [0.1, 0.15) is 23.0 Å². The first kappa shape index (κ1) is 16.8. The Hall–Kier alpha value is -3.08. The molecular formula is C20H19NO4. The molecular weight excluding hydrogens is 318 g/mol. The summed E-state index contributed by atoms with van der Waals surface area (Å²) in [4.78, 5) is 26.4. The maximum Gasteiger partial charge on any atom is 0.375 e. The van der Waals surface area contributed by atoms with Gasteiger partial charge in [0.1, 0.15) is 5.58 Å². The fourth-order valence-corrected chi connectivity index (χ4v) is 2.69. The highest BCUT2D eigenvalue weighted by Gasteiger charge is 2.26. The summed E-state index contributed by atoms with van der Waals surface area (Å²) in [5, 5.41) is 0.856. The van der Waals surface area contributed by atoms with Gasteiger partial charge >= 0.3 is 5.97 Å². The zero-order valence-corrected chi connectivity index (χ0v) is 14.4. The Kier molecular flexibility index (Phi) is 4.57. The fourth-order valence-electron chi connectivity index (χ4n) is 2.69. The number of hydrogen-bond donors (Lipinski definition) is 0. The van der Waals surface area contributed by atoms with Gasteiger partial charge in [0.15, 0.2) is 6.10 Å². The molecule has 2 aromatic carbocycles. The Morgan fingerprint density at radius 2 is 1.68 bits per heavy atom. The van der Waals surface area contributed by atoms with Crippen LogP contribution < -0.4 is 4.90 Å². The smallest absolute Gasteiger partial charge is 0.375 e. The molecule has 0 N–H and O–H groups in total. The van der Waals surface area contributed by atoms with Gasteiger partial charge in [0.25, 0.3) is 5.91 Å². The van der Waals surface area contributed by atoms with E-state index in [1.807, 2.05) is 48.5 Å². The first-order valence-electron chi connectivity index (χ1n) is 8.00. The van der Waals surface area contributed by atoms with E-state index in [9.17, 15) is 9.59 Å². The predicted octanol–water partition coefficient (Wildman–Crippen LogP) is 3.95. The summed E-state index contributed by atoms with van der Waals surface area (Å²) >= 11 is 0. The molecule has 0 aliphatic rings. The molecule has 0 unspecified atom stereocenters. The minimum Gasteiger partial charge on any atom is -0.449 e. The lowest BCUT2D eigenvalue weighted by atomic mass is 10.1. The maximum atomic E-state index is 12.5. The van der Waals surface area contributed by atoms with Crippen LogP contribution in [0.25, 0.3) is 11.0 Å². The molecule has 1 aromatic heterocycles. The number of fused-ring (bicyclic) bond motifs is 1. The van der Waals surface area contributed by atoms with Gasteiger partial charge in [-0.25, -0.2) is 4.79 Å². The van der Waals surface area contributed by atoms with Crippen molar-refractivity contribution >= 4 is 28.5 Å². The molecule has 1 atom stereocenters. The second-order valence-electron chi connectivity index (χ2n) is 5.83. The van der Waals surface area contributed by atoms with Crippen molar-refractivity contribution < 1.29 is 18.7 Å². The number of amides is 1. The summed E-state index contributed by atoms with van der Waals surface area (Å²) < 4.78 is 10.9. The van der Waals surface area contributed by atoms with E-state index >= 15 is 0 Å². The predicted molar refractivity (Wildman–Crippen MR) is 95.7 cm³/mol. The number of esters is 1. The molecule has 0 spiro atoms. The van der Waals surface area contributed by atoms with Crippen LogP contribution in [0.4, 0.5) is 5.69 Å². The van der Waals surface area contributed by atoms with E-state index in [4.69, 9.17) is 9.15 Å². The molecule has 1 amide bonds. The van der Waals surface area contributed by atoms with E-state index < -0.39 is 12.1 Å². The summed E-state index contributed by atoms with van der Waals surface area (Å²) in [7, 11) is 1.65. The number of furan rings is 1. The Morgan fingerprint density at radius 1 is 1.04 bits per heavy atom. The average Bonchev–Trinajstić information content (AvgIpc) is 2.98. The largest absolute Gasteiger partial charge is 0.449 e. The van der Waals surface area contributed by atoms with Crippen molar-refractivity contribution in [2.24, 2.45) is 0 Å². The van der Waals surface area contributed by atoms with Gasteiger partial charge in [-0.2, -0.15) is 0 Å². The van der Waals surface area contributed by atoms with Crippen LogP contribution in [0.5, 0.6) is 0 Å². The second kappa shape index (κ2) is 6.81.